The van der Waals surface area contributed by atoms with Crippen LogP contribution in [0.1, 0.15) is 27.2 Å². The smallest absolute Gasteiger partial charge is 0.214 e. The van der Waals surface area contributed by atoms with Gasteiger partial charge in [0.2, 0.25) is 10.0 Å². The van der Waals surface area contributed by atoms with E-state index >= 15 is 0 Å². The van der Waals surface area contributed by atoms with Crippen molar-refractivity contribution in [2.45, 2.75) is 33.2 Å². The summed E-state index contributed by atoms with van der Waals surface area (Å²) in [7, 11) is -1.92. The number of hydrogen-bond donors (Lipinski definition) is 2. The number of likely N-dealkylation sites (N-methyl/N-ethyl adjacent to an activating group) is 1. The molecule has 3 N–H and O–H groups in total. The van der Waals surface area contributed by atoms with E-state index in [0.29, 0.717) is 12.3 Å². The molecule has 0 aromatic heterocycles. The lowest BCUT2D eigenvalue weighted by Gasteiger charge is -2.23. The molecule has 96 valence electrons. The van der Waals surface area contributed by atoms with Crippen molar-refractivity contribution in [2.24, 2.45) is 16.8 Å². The fourth-order valence-electron chi connectivity index (χ4n) is 1.04. The average Bonchev–Trinajstić information content (AvgIpc) is 2.23. The third-order valence-electron chi connectivity index (χ3n) is 2.48. The lowest BCUT2D eigenvalue weighted by molar-refractivity contribution is 0.311. The Bertz CT molecular complexity index is 338. The van der Waals surface area contributed by atoms with Gasteiger partial charge in [0.15, 0.2) is 5.84 Å². The summed E-state index contributed by atoms with van der Waals surface area (Å²) in [5, 5.41) is 11.3. The Morgan fingerprint density at radius 2 is 1.94 bits per heavy atom. The van der Waals surface area contributed by atoms with E-state index < -0.39 is 16.1 Å². The predicted octanol–water partition coefficient (Wildman–Crippen LogP) is 0.429. The van der Waals surface area contributed by atoms with Crippen LogP contribution in [0.3, 0.4) is 0 Å². The van der Waals surface area contributed by atoms with Crippen molar-refractivity contribution in [3.63, 3.8) is 0 Å². The molecule has 0 aromatic rings. The van der Waals surface area contributed by atoms with E-state index in [-0.39, 0.29) is 11.6 Å². The van der Waals surface area contributed by atoms with Crippen molar-refractivity contribution in [1.29, 1.82) is 0 Å². The van der Waals surface area contributed by atoms with Gasteiger partial charge in [-0.2, -0.15) is 4.31 Å². The van der Waals surface area contributed by atoms with E-state index in [0.717, 1.165) is 4.31 Å². The first kappa shape index (κ1) is 15.2. The summed E-state index contributed by atoms with van der Waals surface area (Å²) in [5.74, 6) is 0.280. The van der Waals surface area contributed by atoms with E-state index in [1.165, 1.54) is 7.05 Å². The van der Waals surface area contributed by atoms with Crippen molar-refractivity contribution in [1.82, 2.24) is 4.31 Å². The summed E-state index contributed by atoms with van der Waals surface area (Å²) in [6.07, 6.45) is 0.593. The molecule has 16 heavy (non-hydrogen) atoms. The van der Waals surface area contributed by atoms with Crippen LogP contribution in [0.5, 0.6) is 0 Å². The zero-order valence-corrected chi connectivity index (χ0v) is 11.0. The second kappa shape index (κ2) is 6.05. The monoisotopic (exact) mass is 251 g/mol. The van der Waals surface area contributed by atoms with Gasteiger partial charge >= 0.3 is 0 Å². The molecule has 0 heterocycles. The Hall–Kier alpha value is -0.820. The van der Waals surface area contributed by atoms with Crippen molar-refractivity contribution >= 4 is 15.9 Å². The molecule has 0 aliphatic rings. The Morgan fingerprint density at radius 1 is 1.44 bits per heavy atom. The number of nitrogens with zero attached hydrogens (tertiary/aromatic N) is 2. The fourth-order valence-corrected chi connectivity index (χ4v) is 2.69. The van der Waals surface area contributed by atoms with E-state index in [4.69, 9.17) is 10.9 Å². The van der Waals surface area contributed by atoms with Crippen LogP contribution < -0.4 is 5.73 Å². The molecule has 0 aromatic carbocycles. The normalized spacial score (nSPS) is 15.8. The topological polar surface area (TPSA) is 96.0 Å². The van der Waals surface area contributed by atoms with Gasteiger partial charge in [0, 0.05) is 7.05 Å². The quantitative estimate of drug-likeness (QED) is 0.310. The molecular formula is C9H21N3O3S. The molecule has 1 atom stereocenters. The zero-order valence-electron chi connectivity index (χ0n) is 10.2. The number of sulfonamides is 1. The standard InChI is InChI=1S/C9H21N3O3S/c1-7(2)5-6-16(14,15)12(4)8(3)9(10)11-13/h7-8,13H,5-6H2,1-4H3,(H2,10,11). The molecule has 0 radical (unpaired) electrons. The van der Waals surface area contributed by atoms with Crippen molar-refractivity contribution < 1.29 is 13.6 Å². The molecule has 0 rings (SSSR count). The molecular weight excluding hydrogens is 230 g/mol. The van der Waals surface area contributed by atoms with Crippen molar-refractivity contribution in [2.75, 3.05) is 12.8 Å². The second-order valence-electron chi connectivity index (χ2n) is 4.22. The zero-order chi connectivity index (χ0) is 12.9. The first-order valence-electron chi connectivity index (χ1n) is 5.15. The minimum Gasteiger partial charge on any atom is -0.409 e. The maximum atomic E-state index is 11.8. The Balaban J connectivity index is 4.64. The molecule has 0 bridgehead atoms. The van der Waals surface area contributed by atoms with E-state index in [1.807, 2.05) is 13.8 Å². The summed E-state index contributed by atoms with van der Waals surface area (Å²) in [6.45, 7) is 5.49. The SMILES string of the molecule is CC(C)CCS(=O)(=O)N(C)C(C)C(N)=NO. The number of amidine groups is 1. The van der Waals surface area contributed by atoms with Crippen LogP contribution in [0.25, 0.3) is 0 Å². The lowest BCUT2D eigenvalue weighted by atomic mass is 10.2. The van der Waals surface area contributed by atoms with Gasteiger partial charge in [0.1, 0.15) is 0 Å². The van der Waals surface area contributed by atoms with Crippen LogP contribution in [0.2, 0.25) is 0 Å². The maximum Gasteiger partial charge on any atom is 0.214 e. The summed E-state index contributed by atoms with van der Waals surface area (Å²) in [4.78, 5) is 0. The molecule has 0 aliphatic heterocycles. The highest BCUT2D eigenvalue weighted by Crippen LogP contribution is 2.09. The van der Waals surface area contributed by atoms with E-state index in [1.54, 1.807) is 6.92 Å². The second-order valence-corrected chi connectivity index (χ2v) is 6.36. The van der Waals surface area contributed by atoms with Crippen LogP contribution in [0.15, 0.2) is 5.16 Å². The summed E-state index contributed by atoms with van der Waals surface area (Å²) < 4.78 is 24.8. The van der Waals surface area contributed by atoms with E-state index in [9.17, 15) is 8.42 Å². The van der Waals surface area contributed by atoms with Crippen molar-refractivity contribution in [3.05, 3.63) is 0 Å². The molecule has 0 amide bonds. The molecule has 0 fully saturated rings. The Kier molecular flexibility index (Phi) is 5.74. The van der Waals surface area contributed by atoms with Gasteiger partial charge in [-0.25, -0.2) is 8.42 Å². The Labute approximate surface area is 97.2 Å². The van der Waals surface area contributed by atoms with Crippen LogP contribution in [-0.4, -0.2) is 42.6 Å². The van der Waals surface area contributed by atoms with Crippen LogP contribution in [0, 0.1) is 5.92 Å². The molecule has 0 spiro atoms. The summed E-state index contributed by atoms with van der Waals surface area (Å²) >= 11 is 0. The third-order valence-corrected chi connectivity index (χ3v) is 4.43. The van der Waals surface area contributed by atoms with Gasteiger partial charge in [-0.05, 0) is 19.3 Å². The van der Waals surface area contributed by atoms with Crippen LogP contribution in [0.4, 0.5) is 0 Å². The van der Waals surface area contributed by atoms with Crippen LogP contribution >= 0.6 is 0 Å². The number of nitrogens with two attached hydrogens (primary N) is 1. The first-order valence-corrected chi connectivity index (χ1v) is 6.76. The Morgan fingerprint density at radius 3 is 2.31 bits per heavy atom. The third kappa shape index (κ3) is 4.36. The highest BCUT2D eigenvalue weighted by atomic mass is 32.2. The van der Waals surface area contributed by atoms with Crippen LogP contribution in [-0.2, 0) is 10.0 Å². The van der Waals surface area contributed by atoms with Gasteiger partial charge in [-0.1, -0.05) is 19.0 Å². The van der Waals surface area contributed by atoms with Gasteiger partial charge in [0.05, 0.1) is 11.8 Å². The van der Waals surface area contributed by atoms with E-state index in [2.05, 4.69) is 5.16 Å². The highest BCUT2D eigenvalue weighted by molar-refractivity contribution is 7.89. The summed E-state index contributed by atoms with van der Waals surface area (Å²) in [5.41, 5.74) is 5.36. The molecule has 0 aliphatic carbocycles. The number of hydrogen-bond acceptors (Lipinski definition) is 4. The minimum absolute atomic E-state index is 0.0736. The predicted molar refractivity (Wildman–Crippen MR) is 63.9 cm³/mol. The number of oxime groups is 1. The molecule has 0 saturated heterocycles. The highest BCUT2D eigenvalue weighted by Gasteiger charge is 2.25. The largest absolute Gasteiger partial charge is 0.409 e. The molecule has 1 unspecified atom stereocenters. The van der Waals surface area contributed by atoms with Gasteiger partial charge in [-0.15, -0.1) is 0 Å². The lowest BCUT2D eigenvalue weighted by Crippen LogP contribution is -2.44. The van der Waals surface area contributed by atoms with Gasteiger partial charge < -0.3 is 10.9 Å². The molecule has 6 nitrogen and oxygen atoms in total. The van der Waals surface area contributed by atoms with Gasteiger partial charge in [0.25, 0.3) is 0 Å². The fraction of sp³-hybridized carbons (Fsp3) is 0.889. The number of rotatable bonds is 6. The molecule has 7 heteroatoms. The summed E-state index contributed by atoms with van der Waals surface area (Å²) in [6, 6.07) is -0.637. The van der Waals surface area contributed by atoms with Crippen molar-refractivity contribution in [3.8, 4) is 0 Å². The maximum absolute atomic E-state index is 11.8. The van der Waals surface area contributed by atoms with Gasteiger partial charge in [-0.3, -0.25) is 0 Å². The molecule has 0 saturated carbocycles. The first-order chi connectivity index (χ1) is 7.22. The average molecular weight is 251 g/mol. The minimum atomic E-state index is -3.35.